The van der Waals surface area contributed by atoms with Crippen molar-refractivity contribution in [1.82, 2.24) is 0 Å². The smallest absolute Gasteiger partial charge is 0.229 e. The second-order valence-electron chi connectivity index (χ2n) is 2.27. The van der Waals surface area contributed by atoms with Gasteiger partial charge in [0.05, 0.1) is 7.11 Å². The topological polar surface area (TPSA) is 26.3 Å². The molecule has 13 heavy (non-hydrogen) atoms. The first-order valence-corrected chi connectivity index (χ1v) is 6.22. The molecule has 70 valence electrons. The number of carbonyl (C=O) groups is 1. The largest absolute Gasteiger partial charge is 0.497 e. The van der Waals surface area contributed by atoms with Crippen molar-refractivity contribution in [2.75, 3.05) is 13.4 Å². The van der Waals surface area contributed by atoms with E-state index in [0.29, 0.717) is 5.56 Å². The first kappa shape index (κ1) is 10.5. The fraction of sp³-hybridized carbons (Fsp3) is 0.222. The van der Waals surface area contributed by atoms with Crippen molar-refractivity contribution >= 4 is 26.7 Å². The Bertz CT molecular complexity index is 282. The van der Waals surface area contributed by atoms with Crippen molar-refractivity contribution in [2.24, 2.45) is 0 Å². The van der Waals surface area contributed by atoms with Gasteiger partial charge in [-0.25, -0.2) is 0 Å². The molecule has 0 bridgehead atoms. The monoisotopic (exact) mass is 214 g/mol. The van der Waals surface area contributed by atoms with E-state index in [9.17, 15) is 4.79 Å². The molecular weight excluding hydrogens is 204 g/mol. The Kier molecular flexibility index (Phi) is 4.18. The maximum absolute atomic E-state index is 11.3. The van der Waals surface area contributed by atoms with Crippen LogP contribution in [0.1, 0.15) is 10.4 Å². The average Bonchev–Trinajstić information content (AvgIpc) is 2.18. The van der Waals surface area contributed by atoms with Crippen LogP contribution in [0.4, 0.5) is 0 Å². The Morgan fingerprint density at radius 3 is 2.38 bits per heavy atom. The Balaban J connectivity index is 2.74. The van der Waals surface area contributed by atoms with Crippen LogP contribution in [0.25, 0.3) is 0 Å². The van der Waals surface area contributed by atoms with Crippen LogP contribution in [-0.2, 0) is 0 Å². The molecule has 0 atom stereocenters. The molecule has 0 aliphatic carbocycles. The van der Waals surface area contributed by atoms with Crippen LogP contribution >= 0.6 is 21.6 Å². The summed E-state index contributed by atoms with van der Waals surface area (Å²) in [5.74, 6) is 0.769. The first-order valence-electron chi connectivity index (χ1n) is 3.67. The highest BCUT2D eigenvalue weighted by Crippen LogP contribution is 2.23. The highest BCUT2D eigenvalue weighted by Gasteiger charge is 2.04. The molecule has 0 aliphatic heterocycles. The minimum atomic E-state index is 0.0788. The Labute approximate surface area is 85.4 Å². The molecule has 0 unspecified atom stereocenters. The molecule has 0 radical (unpaired) electrons. The second kappa shape index (κ2) is 5.19. The van der Waals surface area contributed by atoms with Crippen LogP contribution in [0.15, 0.2) is 24.3 Å². The summed E-state index contributed by atoms with van der Waals surface area (Å²) >= 11 is 0. The minimum absolute atomic E-state index is 0.0788. The summed E-state index contributed by atoms with van der Waals surface area (Å²) in [6, 6.07) is 7.11. The lowest BCUT2D eigenvalue weighted by Crippen LogP contribution is -1.91. The van der Waals surface area contributed by atoms with E-state index in [2.05, 4.69) is 0 Å². The predicted molar refractivity (Wildman–Crippen MR) is 58.4 cm³/mol. The normalized spacial score (nSPS) is 9.69. The van der Waals surface area contributed by atoms with E-state index in [1.165, 1.54) is 21.6 Å². The van der Waals surface area contributed by atoms with Gasteiger partial charge in [-0.1, -0.05) is 10.8 Å². The van der Waals surface area contributed by atoms with Crippen molar-refractivity contribution in [3.05, 3.63) is 29.8 Å². The van der Waals surface area contributed by atoms with E-state index in [1.54, 1.807) is 31.4 Å². The van der Waals surface area contributed by atoms with Gasteiger partial charge in [-0.3, -0.25) is 4.79 Å². The van der Waals surface area contributed by atoms with Gasteiger partial charge >= 0.3 is 0 Å². The fourth-order valence-corrected chi connectivity index (χ4v) is 1.98. The quantitative estimate of drug-likeness (QED) is 0.723. The third kappa shape index (κ3) is 2.97. The van der Waals surface area contributed by atoms with Crippen molar-refractivity contribution in [2.45, 2.75) is 0 Å². The van der Waals surface area contributed by atoms with Gasteiger partial charge in [0.15, 0.2) is 0 Å². The van der Waals surface area contributed by atoms with Gasteiger partial charge in [-0.2, -0.15) is 0 Å². The Morgan fingerprint density at radius 2 is 1.92 bits per heavy atom. The molecule has 0 saturated heterocycles. The number of benzene rings is 1. The lowest BCUT2D eigenvalue weighted by molar-refractivity contribution is 0.109. The van der Waals surface area contributed by atoms with Gasteiger partial charge in [0, 0.05) is 5.56 Å². The molecule has 0 fully saturated rings. The maximum Gasteiger partial charge on any atom is 0.229 e. The van der Waals surface area contributed by atoms with E-state index in [1.807, 2.05) is 6.26 Å². The van der Waals surface area contributed by atoms with E-state index in [-0.39, 0.29) is 5.12 Å². The molecule has 0 spiro atoms. The van der Waals surface area contributed by atoms with Gasteiger partial charge in [-0.15, -0.1) is 0 Å². The van der Waals surface area contributed by atoms with Gasteiger partial charge in [-0.05, 0) is 41.3 Å². The van der Waals surface area contributed by atoms with Gasteiger partial charge in [0.25, 0.3) is 0 Å². The molecular formula is C9H10O2S2. The molecule has 0 aromatic heterocycles. The third-order valence-corrected chi connectivity index (χ3v) is 2.99. The first-order chi connectivity index (χ1) is 6.27. The van der Waals surface area contributed by atoms with E-state index >= 15 is 0 Å². The molecule has 1 aromatic rings. The van der Waals surface area contributed by atoms with E-state index in [0.717, 1.165) is 5.75 Å². The summed E-state index contributed by atoms with van der Waals surface area (Å²) in [6.45, 7) is 0. The summed E-state index contributed by atoms with van der Waals surface area (Å²) < 4.78 is 4.99. The van der Waals surface area contributed by atoms with Crippen LogP contribution < -0.4 is 4.74 Å². The molecule has 0 saturated carbocycles. The molecule has 0 heterocycles. The van der Waals surface area contributed by atoms with Crippen LogP contribution in [0.5, 0.6) is 5.75 Å². The van der Waals surface area contributed by atoms with Crippen LogP contribution in [-0.4, -0.2) is 18.5 Å². The lowest BCUT2D eigenvalue weighted by Gasteiger charge is -2.00. The highest BCUT2D eigenvalue weighted by molar-refractivity contribution is 8.82. The highest BCUT2D eigenvalue weighted by atomic mass is 33.1. The molecule has 0 N–H and O–H groups in total. The molecule has 1 aromatic carbocycles. The Morgan fingerprint density at radius 1 is 1.31 bits per heavy atom. The van der Waals surface area contributed by atoms with Crippen molar-refractivity contribution in [3.63, 3.8) is 0 Å². The lowest BCUT2D eigenvalue weighted by atomic mass is 10.2. The number of hydrogen-bond donors (Lipinski definition) is 0. The zero-order valence-electron chi connectivity index (χ0n) is 7.44. The summed E-state index contributed by atoms with van der Waals surface area (Å²) in [5.41, 5.74) is 0.708. The Hall–Kier alpha value is -0.610. The summed E-state index contributed by atoms with van der Waals surface area (Å²) in [5, 5.41) is 0.0788. The number of ether oxygens (including phenoxy) is 1. The van der Waals surface area contributed by atoms with Crippen molar-refractivity contribution < 1.29 is 9.53 Å². The fourth-order valence-electron chi connectivity index (χ4n) is 0.851. The number of methoxy groups -OCH3 is 1. The minimum Gasteiger partial charge on any atom is -0.497 e. The SMILES string of the molecule is COc1ccc(C(=O)SSC)cc1. The summed E-state index contributed by atoms with van der Waals surface area (Å²) in [7, 11) is 4.29. The average molecular weight is 214 g/mol. The van der Waals surface area contributed by atoms with Gasteiger partial charge < -0.3 is 4.74 Å². The molecule has 4 heteroatoms. The third-order valence-electron chi connectivity index (χ3n) is 1.48. The zero-order chi connectivity index (χ0) is 9.68. The van der Waals surface area contributed by atoms with Crippen LogP contribution in [0, 0.1) is 0 Å². The molecule has 0 amide bonds. The van der Waals surface area contributed by atoms with Crippen LogP contribution in [0.2, 0.25) is 0 Å². The second-order valence-corrected chi connectivity index (χ2v) is 4.64. The number of hydrogen-bond acceptors (Lipinski definition) is 4. The van der Waals surface area contributed by atoms with E-state index < -0.39 is 0 Å². The summed E-state index contributed by atoms with van der Waals surface area (Å²) in [4.78, 5) is 11.3. The van der Waals surface area contributed by atoms with Crippen molar-refractivity contribution in [3.8, 4) is 5.75 Å². The van der Waals surface area contributed by atoms with Crippen molar-refractivity contribution in [1.29, 1.82) is 0 Å². The molecule has 1 rings (SSSR count). The van der Waals surface area contributed by atoms with Gasteiger partial charge in [0.2, 0.25) is 5.12 Å². The number of carbonyl (C=O) groups excluding carboxylic acids is 1. The standard InChI is InChI=1S/C9H10O2S2/c1-11-8-5-3-7(4-6-8)9(10)13-12-2/h3-6H,1-2H3. The number of rotatable bonds is 3. The zero-order valence-corrected chi connectivity index (χ0v) is 9.08. The van der Waals surface area contributed by atoms with E-state index in [4.69, 9.17) is 4.74 Å². The molecule has 2 nitrogen and oxygen atoms in total. The van der Waals surface area contributed by atoms with Gasteiger partial charge in [0.1, 0.15) is 5.75 Å². The summed E-state index contributed by atoms with van der Waals surface area (Å²) in [6.07, 6.45) is 1.88. The molecule has 0 aliphatic rings. The predicted octanol–water partition coefficient (Wildman–Crippen LogP) is 2.85. The van der Waals surface area contributed by atoms with Crippen LogP contribution in [0.3, 0.4) is 0 Å². The maximum atomic E-state index is 11.3.